The Balaban J connectivity index is 3.15. The number of rotatable bonds is 4. The molecule has 0 radical (unpaired) electrons. The van der Waals surface area contributed by atoms with Gasteiger partial charge >= 0.3 is 0 Å². The lowest BCUT2D eigenvalue weighted by molar-refractivity contribution is -0.106. The Kier molecular flexibility index (Phi) is 5.67. The van der Waals surface area contributed by atoms with Crippen LogP contribution < -0.4 is 5.32 Å². The Morgan fingerprint density at radius 2 is 2.44 bits per heavy atom. The van der Waals surface area contributed by atoms with Crippen molar-refractivity contribution in [3.63, 3.8) is 0 Å². The molecule has 52 valence electrons. The molecule has 0 saturated heterocycles. The lowest BCUT2D eigenvalue weighted by Gasteiger charge is -1.90. The zero-order valence-electron chi connectivity index (χ0n) is 5.42. The van der Waals surface area contributed by atoms with Gasteiger partial charge in [0.05, 0.1) is 0 Å². The highest BCUT2D eigenvalue weighted by molar-refractivity contribution is 7.97. The van der Waals surface area contributed by atoms with Gasteiger partial charge in [-0.1, -0.05) is 13.0 Å². The molecule has 0 aromatic rings. The number of hydrogen-bond donors (Lipinski definition) is 2. The molecule has 0 aromatic heterocycles. The van der Waals surface area contributed by atoms with E-state index in [0.717, 1.165) is 13.1 Å². The van der Waals surface area contributed by atoms with E-state index in [4.69, 9.17) is 0 Å². The van der Waals surface area contributed by atoms with Gasteiger partial charge in [-0.25, -0.2) is 0 Å². The molecule has 9 heavy (non-hydrogen) atoms. The molecule has 0 spiro atoms. The molecule has 0 aliphatic heterocycles. The topological polar surface area (TPSA) is 29.1 Å². The van der Waals surface area contributed by atoms with Crippen molar-refractivity contribution in [2.24, 2.45) is 0 Å². The molecule has 0 aliphatic carbocycles. The summed E-state index contributed by atoms with van der Waals surface area (Å²) in [4.78, 5) is 10.2. The summed E-state index contributed by atoms with van der Waals surface area (Å²) in [5.74, 6) is 0. The predicted octanol–water partition coefficient (Wildman–Crippen LogP) is 0.609. The Morgan fingerprint density at radius 1 is 1.78 bits per heavy atom. The van der Waals surface area contributed by atoms with Crippen molar-refractivity contribution in [1.29, 1.82) is 0 Å². The third-order valence-corrected chi connectivity index (χ3v) is 0.922. The standard InChI is InChI=1S/C6H11NOS/c1-2-7-5-3-4-6(8)9/h3-4,7H,2,5H2,1H3,(H,8,9)/b4-3+. The summed E-state index contributed by atoms with van der Waals surface area (Å²) in [6.07, 6.45) is 3.19. The summed E-state index contributed by atoms with van der Waals surface area (Å²) in [6, 6.07) is 0. The molecule has 2 nitrogen and oxygen atoms in total. The monoisotopic (exact) mass is 145 g/mol. The minimum absolute atomic E-state index is 0.201. The molecule has 0 saturated carbocycles. The molecule has 0 aliphatic rings. The van der Waals surface area contributed by atoms with Gasteiger partial charge in [-0.2, -0.15) is 0 Å². The van der Waals surface area contributed by atoms with Crippen molar-refractivity contribution in [1.82, 2.24) is 5.32 Å². The summed E-state index contributed by atoms with van der Waals surface area (Å²) in [5, 5.41) is 2.83. The van der Waals surface area contributed by atoms with Gasteiger partial charge in [0.15, 0.2) is 0 Å². The predicted molar refractivity (Wildman–Crippen MR) is 41.7 cm³/mol. The molecule has 0 amide bonds. The van der Waals surface area contributed by atoms with Crippen molar-refractivity contribution in [3.8, 4) is 0 Å². The van der Waals surface area contributed by atoms with E-state index in [0.29, 0.717) is 0 Å². The van der Waals surface area contributed by atoms with E-state index in [1.807, 2.05) is 6.92 Å². The second-order valence-electron chi connectivity index (χ2n) is 1.55. The first kappa shape index (κ1) is 8.72. The van der Waals surface area contributed by atoms with Crippen LogP contribution in [0.15, 0.2) is 12.2 Å². The zero-order valence-corrected chi connectivity index (χ0v) is 6.32. The zero-order chi connectivity index (χ0) is 7.11. The Hall–Kier alpha value is -0.280. The van der Waals surface area contributed by atoms with Crippen molar-refractivity contribution >= 4 is 17.7 Å². The van der Waals surface area contributed by atoms with Crippen LogP contribution in [-0.4, -0.2) is 18.2 Å². The first-order valence-electron chi connectivity index (χ1n) is 2.87. The number of carbonyl (C=O) groups is 1. The number of likely N-dealkylation sites (N-methyl/N-ethyl adjacent to an activating group) is 1. The summed E-state index contributed by atoms with van der Waals surface area (Å²) in [6.45, 7) is 3.67. The lowest BCUT2D eigenvalue weighted by atomic mass is 10.5. The third-order valence-electron chi connectivity index (χ3n) is 0.773. The molecule has 3 heteroatoms. The molecule has 0 unspecified atom stereocenters. The van der Waals surface area contributed by atoms with Gasteiger partial charge in [0.25, 0.3) is 0 Å². The van der Waals surface area contributed by atoms with Crippen LogP contribution in [0, 0.1) is 0 Å². The van der Waals surface area contributed by atoms with Gasteiger partial charge in [0.1, 0.15) is 0 Å². The Bertz CT molecular complexity index is 112. The Labute approximate surface area is 60.7 Å². The summed E-state index contributed by atoms with van der Waals surface area (Å²) < 4.78 is 0. The number of hydrogen-bond acceptors (Lipinski definition) is 2. The van der Waals surface area contributed by atoms with E-state index in [1.165, 1.54) is 6.08 Å². The van der Waals surface area contributed by atoms with Gasteiger partial charge in [-0.15, -0.1) is 12.6 Å². The third kappa shape index (κ3) is 7.72. The molecule has 1 N–H and O–H groups in total. The highest BCUT2D eigenvalue weighted by atomic mass is 32.1. The van der Waals surface area contributed by atoms with Crippen LogP contribution in [0.25, 0.3) is 0 Å². The molecular formula is C6H11NOS. The largest absolute Gasteiger partial charge is 0.314 e. The molecule has 0 heterocycles. The van der Waals surface area contributed by atoms with E-state index in [1.54, 1.807) is 6.08 Å². The maximum absolute atomic E-state index is 10.2. The van der Waals surface area contributed by atoms with Gasteiger partial charge < -0.3 is 5.32 Å². The van der Waals surface area contributed by atoms with Crippen molar-refractivity contribution in [2.75, 3.05) is 13.1 Å². The van der Waals surface area contributed by atoms with Crippen LogP contribution in [0.2, 0.25) is 0 Å². The second kappa shape index (κ2) is 5.85. The maximum atomic E-state index is 10.2. The number of thiol groups is 1. The van der Waals surface area contributed by atoms with Crippen LogP contribution in [0.3, 0.4) is 0 Å². The van der Waals surface area contributed by atoms with Gasteiger partial charge in [0, 0.05) is 6.54 Å². The minimum atomic E-state index is -0.201. The normalized spacial score (nSPS) is 10.4. The lowest BCUT2D eigenvalue weighted by Crippen LogP contribution is -2.11. The molecular weight excluding hydrogens is 134 g/mol. The molecule has 0 fully saturated rings. The van der Waals surface area contributed by atoms with Crippen molar-refractivity contribution < 1.29 is 4.79 Å². The fourth-order valence-electron chi connectivity index (χ4n) is 0.387. The van der Waals surface area contributed by atoms with Crippen LogP contribution in [0.4, 0.5) is 0 Å². The summed E-state index contributed by atoms with van der Waals surface area (Å²) in [5.41, 5.74) is 0. The van der Waals surface area contributed by atoms with E-state index in [2.05, 4.69) is 17.9 Å². The highest BCUT2D eigenvalue weighted by Crippen LogP contribution is 1.79. The van der Waals surface area contributed by atoms with E-state index in [-0.39, 0.29) is 5.12 Å². The van der Waals surface area contributed by atoms with Gasteiger partial charge in [-0.3, -0.25) is 4.79 Å². The average molecular weight is 145 g/mol. The number of nitrogens with one attached hydrogen (secondary N) is 1. The first-order chi connectivity index (χ1) is 4.27. The van der Waals surface area contributed by atoms with Crippen LogP contribution in [-0.2, 0) is 4.79 Å². The van der Waals surface area contributed by atoms with Gasteiger partial charge in [0.2, 0.25) is 5.12 Å². The molecule has 0 bridgehead atoms. The summed E-state index contributed by atoms with van der Waals surface area (Å²) >= 11 is 3.55. The SMILES string of the molecule is CCNC/C=C/C(=O)S. The molecule has 0 atom stereocenters. The summed E-state index contributed by atoms with van der Waals surface area (Å²) in [7, 11) is 0. The van der Waals surface area contributed by atoms with Crippen molar-refractivity contribution in [2.45, 2.75) is 6.92 Å². The fourth-order valence-corrected chi connectivity index (χ4v) is 0.493. The van der Waals surface area contributed by atoms with E-state index in [9.17, 15) is 4.79 Å². The Morgan fingerprint density at radius 3 is 2.89 bits per heavy atom. The molecule has 0 rings (SSSR count). The average Bonchev–Trinajstić information content (AvgIpc) is 1.80. The minimum Gasteiger partial charge on any atom is -0.314 e. The fraction of sp³-hybridized carbons (Fsp3) is 0.500. The van der Waals surface area contributed by atoms with Crippen LogP contribution >= 0.6 is 12.6 Å². The van der Waals surface area contributed by atoms with Crippen LogP contribution in [0.5, 0.6) is 0 Å². The molecule has 0 aromatic carbocycles. The van der Waals surface area contributed by atoms with E-state index < -0.39 is 0 Å². The van der Waals surface area contributed by atoms with E-state index >= 15 is 0 Å². The van der Waals surface area contributed by atoms with Gasteiger partial charge in [-0.05, 0) is 12.6 Å². The number of carbonyl (C=O) groups excluding carboxylic acids is 1. The van der Waals surface area contributed by atoms with Crippen LogP contribution in [0.1, 0.15) is 6.92 Å². The van der Waals surface area contributed by atoms with Crippen molar-refractivity contribution in [3.05, 3.63) is 12.2 Å². The smallest absolute Gasteiger partial charge is 0.208 e. The highest BCUT2D eigenvalue weighted by Gasteiger charge is 1.80. The second-order valence-corrected chi connectivity index (χ2v) is 1.99. The maximum Gasteiger partial charge on any atom is 0.208 e. The first-order valence-corrected chi connectivity index (χ1v) is 3.32. The quantitative estimate of drug-likeness (QED) is 0.345.